The van der Waals surface area contributed by atoms with Crippen LogP contribution in [0.25, 0.3) is 0 Å². The molecule has 0 unspecified atom stereocenters. The smallest absolute Gasteiger partial charge is 0.296 e. The molecule has 0 saturated heterocycles. The van der Waals surface area contributed by atoms with E-state index in [9.17, 15) is 4.79 Å². The molecule has 0 spiro atoms. The first-order chi connectivity index (χ1) is 14.0. The molecule has 0 aromatic heterocycles. The standard InChI is InChI=1S/C24H20Br2N2O/c1-14-8-9-21-18(10-14)17(15-6-4-3-5-7-15)13-22-19-11-16(25)12-20(26)23(19)27(2)24(29)28(21)22/h3-12,17,22H,13H2,1-2H3/t17-,22+/m1/s1. The lowest BCUT2D eigenvalue weighted by molar-refractivity contribution is 0.247. The molecule has 2 aliphatic heterocycles. The number of hydrogen-bond donors (Lipinski definition) is 0. The number of carbonyl (C=O) groups is 1. The van der Waals surface area contributed by atoms with Crippen molar-refractivity contribution in [1.82, 2.24) is 0 Å². The number of amides is 2. The molecule has 2 amide bonds. The number of nitrogens with zero attached hydrogens (tertiary/aromatic N) is 2. The normalized spacial score (nSPS) is 20.2. The van der Waals surface area contributed by atoms with E-state index in [0.29, 0.717) is 0 Å². The molecule has 0 bridgehead atoms. The third kappa shape index (κ3) is 2.94. The maximum Gasteiger partial charge on any atom is 0.329 e. The van der Waals surface area contributed by atoms with Crippen LogP contribution in [0.3, 0.4) is 0 Å². The van der Waals surface area contributed by atoms with E-state index in [2.05, 4.69) is 93.4 Å². The lowest BCUT2D eigenvalue weighted by Gasteiger charge is -2.47. The number of aryl methyl sites for hydroxylation is 1. The van der Waals surface area contributed by atoms with Crippen molar-refractivity contribution in [2.45, 2.75) is 25.3 Å². The highest BCUT2D eigenvalue weighted by molar-refractivity contribution is 9.11. The van der Waals surface area contributed by atoms with Gasteiger partial charge in [-0.1, -0.05) is 64.0 Å². The minimum Gasteiger partial charge on any atom is -0.296 e. The Labute approximate surface area is 187 Å². The molecule has 0 fully saturated rings. The van der Waals surface area contributed by atoms with E-state index in [1.54, 1.807) is 4.90 Å². The van der Waals surface area contributed by atoms with Crippen LogP contribution in [0.5, 0.6) is 0 Å². The van der Waals surface area contributed by atoms with Crippen LogP contribution in [0.1, 0.15) is 40.6 Å². The average molecular weight is 512 g/mol. The van der Waals surface area contributed by atoms with Crippen molar-refractivity contribution in [3.05, 3.63) is 91.9 Å². The second kappa shape index (κ2) is 6.99. The number of halogens is 2. The second-order valence-corrected chi connectivity index (χ2v) is 9.58. The molecule has 2 aliphatic rings. The van der Waals surface area contributed by atoms with Crippen molar-refractivity contribution < 1.29 is 4.79 Å². The molecule has 3 nitrogen and oxygen atoms in total. The number of carbonyl (C=O) groups excluding carboxylic acids is 1. The van der Waals surface area contributed by atoms with Gasteiger partial charge in [0.1, 0.15) is 0 Å². The third-order valence-electron chi connectivity index (χ3n) is 6.04. The van der Waals surface area contributed by atoms with Crippen LogP contribution in [-0.4, -0.2) is 13.1 Å². The molecular formula is C24H20Br2N2O. The van der Waals surface area contributed by atoms with Crippen molar-refractivity contribution in [1.29, 1.82) is 0 Å². The molecule has 29 heavy (non-hydrogen) atoms. The molecule has 0 radical (unpaired) electrons. The zero-order valence-corrected chi connectivity index (χ0v) is 19.4. The van der Waals surface area contributed by atoms with Gasteiger partial charge in [-0.25, -0.2) is 4.79 Å². The van der Waals surface area contributed by atoms with E-state index in [-0.39, 0.29) is 18.0 Å². The SMILES string of the molecule is Cc1ccc2c(c1)[C@@H](c1ccccc1)C[C@H]1c3cc(Br)cc(Br)c3N(C)C(=O)N21. The fourth-order valence-electron chi connectivity index (χ4n) is 4.75. The Morgan fingerprint density at radius 3 is 2.48 bits per heavy atom. The van der Waals surface area contributed by atoms with Crippen LogP contribution in [0.2, 0.25) is 0 Å². The number of hydrogen-bond acceptors (Lipinski definition) is 1. The molecule has 146 valence electrons. The minimum atomic E-state index is -0.0112. The summed E-state index contributed by atoms with van der Waals surface area (Å²) in [7, 11) is 1.85. The summed E-state index contributed by atoms with van der Waals surface area (Å²) in [6.07, 6.45) is 0.857. The topological polar surface area (TPSA) is 23.6 Å². The van der Waals surface area contributed by atoms with Gasteiger partial charge in [-0.15, -0.1) is 0 Å². The molecule has 5 heteroatoms. The second-order valence-electron chi connectivity index (χ2n) is 7.81. The van der Waals surface area contributed by atoms with Crippen molar-refractivity contribution in [3.63, 3.8) is 0 Å². The Morgan fingerprint density at radius 1 is 0.966 bits per heavy atom. The Balaban J connectivity index is 1.76. The summed E-state index contributed by atoms with van der Waals surface area (Å²) >= 11 is 7.32. The van der Waals surface area contributed by atoms with Gasteiger partial charge >= 0.3 is 6.03 Å². The highest BCUT2D eigenvalue weighted by atomic mass is 79.9. The summed E-state index contributed by atoms with van der Waals surface area (Å²) in [5.74, 6) is 0.245. The van der Waals surface area contributed by atoms with Gasteiger partial charge in [0.05, 0.1) is 11.7 Å². The monoisotopic (exact) mass is 510 g/mol. The largest absolute Gasteiger partial charge is 0.329 e. The van der Waals surface area contributed by atoms with Gasteiger partial charge in [0.25, 0.3) is 0 Å². The fraction of sp³-hybridized carbons (Fsp3) is 0.208. The van der Waals surface area contributed by atoms with Crippen LogP contribution in [0, 0.1) is 6.92 Å². The van der Waals surface area contributed by atoms with Gasteiger partial charge in [0.15, 0.2) is 0 Å². The van der Waals surface area contributed by atoms with Crippen LogP contribution < -0.4 is 9.80 Å². The maximum atomic E-state index is 13.5. The number of fused-ring (bicyclic) bond motifs is 5. The van der Waals surface area contributed by atoms with Gasteiger partial charge in [0.2, 0.25) is 0 Å². The molecule has 3 aromatic carbocycles. The lowest BCUT2D eigenvalue weighted by atomic mass is 9.78. The molecule has 2 heterocycles. The summed E-state index contributed by atoms with van der Waals surface area (Å²) in [4.78, 5) is 17.2. The minimum absolute atomic E-state index is 0.0112. The van der Waals surface area contributed by atoms with Crippen molar-refractivity contribution in [2.24, 2.45) is 0 Å². The Kier molecular flexibility index (Phi) is 4.56. The number of urea groups is 1. The molecule has 2 atom stereocenters. The first kappa shape index (κ1) is 18.9. The van der Waals surface area contributed by atoms with Crippen LogP contribution in [0.15, 0.2) is 69.6 Å². The van der Waals surface area contributed by atoms with E-state index in [1.807, 2.05) is 18.0 Å². The maximum absolute atomic E-state index is 13.5. The third-order valence-corrected chi connectivity index (χ3v) is 7.10. The lowest BCUT2D eigenvalue weighted by Crippen LogP contribution is -2.50. The Morgan fingerprint density at radius 2 is 1.72 bits per heavy atom. The zero-order valence-electron chi connectivity index (χ0n) is 16.2. The molecule has 0 aliphatic carbocycles. The van der Waals surface area contributed by atoms with E-state index < -0.39 is 0 Å². The summed E-state index contributed by atoms with van der Waals surface area (Å²) in [5, 5.41) is 0. The quantitative estimate of drug-likeness (QED) is 0.339. The van der Waals surface area contributed by atoms with E-state index in [1.165, 1.54) is 22.3 Å². The highest BCUT2D eigenvalue weighted by Gasteiger charge is 2.44. The Hall–Kier alpha value is -2.11. The summed E-state index contributed by atoms with van der Waals surface area (Å²) in [5.41, 5.74) is 6.88. The Bertz CT molecular complexity index is 1130. The van der Waals surface area contributed by atoms with Gasteiger partial charge in [-0.2, -0.15) is 0 Å². The van der Waals surface area contributed by atoms with Gasteiger partial charge in [0, 0.05) is 33.2 Å². The van der Waals surface area contributed by atoms with Crippen LogP contribution in [0.4, 0.5) is 16.2 Å². The van der Waals surface area contributed by atoms with E-state index >= 15 is 0 Å². The van der Waals surface area contributed by atoms with E-state index in [4.69, 9.17) is 0 Å². The van der Waals surface area contributed by atoms with Crippen LogP contribution >= 0.6 is 31.9 Å². The fourth-order valence-corrected chi connectivity index (χ4v) is 6.27. The molecular weight excluding hydrogens is 492 g/mol. The average Bonchev–Trinajstić information content (AvgIpc) is 2.71. The van der Waals surface area contributed by atoms with Crippen molar-refractivity contribution in [2.75, 3.05) is 16.8 Å². The van der Waals surface area contributed by atoms with Crippen molar-refractivity contribution >= 4 is 49.3 Å². The predicted molar refractivity (Wildman–Crippen MR) is 125 cm³/mol. The molecule has 0 saturated carbocycles. The van der Waals surface area contributed by atoms with E-state index in [0.717, 1.165) is 26.7 Å². The number of rotatable bonds is 1. The zero-order chi connectivity index (χ0) is 20.3. The molecule has 3 aromatic rings. The number of anilines is 2. The van der Waals surface area contributed by atoms with Gasteiger partial charge < -0.3 is 0 Å². The molecule has 0 N–H and O–H groups in total. The summed E-state index contributed by atoms with van der Waals surface area (Å²) < 4.78 is 1.94. The van der Waals surface area contributed by atoms with Gasteiger partial charge in [-0.3, -0.25) is 9.80 Å². The summed E-state index contributed by atoms with van der Waals surface area (Å²) in [6, 6.07) is 21.2. The predicted octanol–water partition coefficient (Wildman–Crippen LogP) is 7.17. The summed E-state index contributed by atoms with van der Waals surface area (Å²) in [6.45, 7) is 2.11. The number of benzene rings is 3. The molecule has 5 rings (SSSR count). The van der Waals surface area contributed by atoms with Crippen LogP contribution in [-0.2, 0) is 0 Å². The first-order valence-corrected chi connectivity index (χ1v) is 11.3. The highest BCUT2D eigenvalue weighted by Crippen LogP contribution is 2.53. The first-order valence-electron chi connectivity index (χ1n) is 9.67. The van der Waals surface area contributed by atoms with Gasteiger partial charge in [-0.05, 0) is 58.6 Å². The van der Waals surface area contributed by atoms with Crippen molar-refractivity contribution in [3.8, 4) is 0 Å².